The lowest BCUT2D eigenvalue weighted by molar-refractivity contribution is -0.0498. The minimum absolute atomic E-state index is 0.00947. The second-order valence-electron chi connectivity index (χ2n) is 8.77. The van der Waals surface area contributed by atoms with Crippen molar-refractivity contribution >= 4 is 27.8 Å². The van der Waals surface area contributed by atoms with E-state index < -0.39 is 6.61 Å². The first-order chi connectivity index (χ1) is 16.9. The van der Waals surface area contributed by atoms with Crippen LogP contribution in [0.2, 0.25) is 0 Å². The summed E-state index contributed by atoms with van der Waals surface area (Å²) in [5.74, 6) is 0.431. The average molecular weight is 473 g/mol. The second kappa shape index (κ2) is 7.90. The van der Waals surface area contributed by atoms with Crippen molar-refractivity contribution in [2.24, 2.45) is 7.05 Å². The number of ether oxygens (including phenoxy) is 1. The predicted octanol–water partition coefficient (Wildman–Crippen LogP) is 5.00. The van der Waals surface area contributed by atoms with E-state index in [0.717, 1.165) is 29.4 Å². The number of hydrogen-bond acceptors (Lipinski definition) is 5. The van der Waals surface area contributed by atoms with Crippen molar-refractivity contribution in [3.8, 4) is 22.6 Å². The van der Waals surface area contributed by atoms with Crippen LogP contribution in [0.1, 0.15) is 24.3 Å². The standard InChI is InChI=1S/C26H21F2N5O2/c1-32-13-31-19-9-4-15(10-20(19)32)22-23(29)24-21(11-16(12-30-24)14-2-3-14)33(25(22)34)17-5-7-18(8-6-17)35-26(27)28/h4-14,26H,2-3,29H2,1H3. The van der Waals surface area contributed by atoms with Gasteiger partial charge in [-0.2, -0.15) is 8.78 Å². The summed E-state index contributed by atoms with van der Waals surface area (Å²) in [6.07, 6.45) is 5.68. The summed E-state index contributed by atoms with van der Waals surface area (Å²) in [5, 5.41) is 0. The van der Waals surface area contributed by atoms with Crippen LogP contribution in [0.3, 0.4) is 0 Å². The normalized spacial score (nSPS) is 13.7. The third-order valence-corrected chi connectivity index (χ3v) is 6.45. The minimum atomic E-state index is -2.93. The maximum atomic E-state index is 14.0. The molecule has 176 valence electrons. The van der Waals surface area contributed by atoms with Crippen LogP contribution in [-0.4, -0.2) is 25.7 Å². The maximum absolute atomic E-state index is 14.0. The van der Waals surface area contributed by atoms with Crippen LogP contribution in [0.5, 0.6) is 5.75 Å². The highest BCUT2D eigenvalue weighted by Gasteiger charge is 2.26. The molecule has 7 nitrogen and oxygen atoms in total. The molecule has 3 aromatic heterocycles. The monoisotopic (exact) mass is 473 g/mol. The number of imidazole rings is 1. The van der Waals surface area contributed by atoms with Gasteiger partial charge in [0.05, 0.1) is 34.1 Å². The van der Waals surface area contributed by atoms with Crippen molar-refractivity contribution in [2.45, 2.75) is 25.4 Å². The summed E-state index contributed by atoms with van der Waals surface area (Å²) in [7, 11) is 1.88. The second-order valence-corrected chi connectivity index (χ2v) is 8.77. The van der Waals surface area contributed by atoms with Crippen LogP contribution in [0.4, 0.5) is 14.5 Å². The number of benzene rings is 2. The minimum Gasteiger partial charge on any atom is -0.435 e. The first kappa shape index (κ1) is 21.3. The molecule has 5 aromatic rings. The van der Waals surface area contributed by atoms with Gasteiger partial charge in [-0.1, -0.05) is 6.07 Å². The van der Waals surface area contributed by atoms with Gasteiger partial charge >= 0.3 is 6.61 Å². The number of anilines is 1. The molecular formula is C26H21F2N5O2. The van der Waals surface area contributed by atoms with Gasteiger partial charge in [-0.25, -0.2) is 4.98 Å². The van der Waals surface area contributed by atoms with E-state index in [9.17, 15) is 13.6 Å². The molecule has 0 spiro atoms. The number of halogens is 2. The molecule has 3 heterocycles. The Kier molecular flexibility index (Phi) is 4.80. The molecule has 0 saturated heterocycles. The number of hydrogen-bond donors (Lipinski definition) is 1. The van der Waals surface area contributed by atoms with Crippen LogP contribution in [-0.2, 0) is 7.05 Å². The lowest BCUT2D eigenvalue weighted by Crippen LogP contribution is -2.23. The Hall–Kier alpha value is -4.27. The molecule has 6 rings (SSSR count). The molecule has 1 aliphatic carbocycles. The van der Waals surface area contributed by atoms with Crippen molar-refractivity contribution in [1.29, 1.82) is 0 Å². The Morgan fingerprint density at radius 2 is 1.83 bits per heavy atom. The maximum Gasteiger partial charge on any atom is 0.387 e. The number of nitrogens with zero attached hydrogens (tertiary/aromatic N) is 4. The molecule has 0 atom stereocenters. The van der Waals surface area contributed by atoms with Gasteiger partial charge < -0.3 is 15.0 Å². The van der Waals surface area contributed by atoms with E-state index >= 15 is 0 Å². The zero-order valence-corrected chi connectivity index (χ0v) is 18.8. The zero-order chi connectivity index (χ0) is 24.3. The quantitative estimate of drug-likeness (QED) is 0.388. The van der Waals surface area contributed by atoms with Crippen molar-refractivity contribution in [1.82, 2.24) is 19.1 Å². The summed E-state index contributed by atoms with van der Waals surface area (Å²) < 4.78 is 33.2. The van der Waals surface area contributed by atoms with E-state index in [2.05, 4.69) is 14.7 Å². The largest absolute Gasteiger partial charge is 0.435 e. The van der Waals surface area contributed by atoms with E-state index in [1.807, 2.05) is 42.1 Å². The molecule has 1 fully saturated rings. The molecule has 0 radical (unpaired) electrons. The van der Waals surface area contributed by atoms with Gasteiger partial charge in [0.15, 0.2) is 0 Å². The van der Waals surface area contributed by atoms with Crippen LogP contribution < -0.4 is 16.0 Å². The number of aryl methyl sites for hydroxylation is 1. The lowest BCUT2D eigenvalue weighted by Gasteiger charge is -2.17. The van der Waals surface area contributed by atoms with Crippen molar-refractivity contribution in [2.75, 3.05) is 5.73 Å². The van der Waals surface area contributed by atoms with Crippen LogP contribution in [0.25, 0.3) is 38.9 Å². The highest BCUT2D eigenvalue weighted by Crippen LogP contribution is 2.41. The van der Waals surface area contributed by atoms with E-state index in [1.165, 1.54) is 12.1 Å². The number of nitrogens with two attached hydrogens (primary N) is 1. The molecule has 0 amide bonds. The van der Waals surface area contributed by atoms with Crippen LogP contribution >= 0.6 is 0 Å². The first-order valence-electron chi connectivity index (χ1n) is 11.2. The number of fused-ring (bicyclic) bond motifs is 2. The van der Waals surface area contributed by atoms with Gasteiger partial charge in [0.2, 0.25) is 0 Å². The smallest absolute Gasteiger partial charge is 0.387 e. The Morgan fingerprint density at radius 3 is 2.54 bits per heavy atom. The lowest BCUT2D eigenvalue weighted by atomic mass is 10.0. The fraction of sp³-hybridized carbons (Fsp3) is 0.192. The predicted molar refractivity (Wildman–Crippen MR) is 130 cm³/mol. The van der Waals surface area contributed by atoms with Crippen molar-refractivity contribution < 1.29 is 13.5 Å². The number of alkyl halides is 2. The zero-order valence-electron chi connectivity index (χ0n) is 18.8. The van der Waals surface area contributed by atoms with Gasteiger partial charge in [-0.05, 0) is 72.4 Å². The Morgan fingerprint density at radius 1 is 1.06 bits per heavy atom. The van der Waals surface area contributed by atoms with Crippen LogP contribution in [0.15, 0.2) is 65.8 Å². The van der Waals surface area contributed by atoms with E-state index in [-0.39, 0.29) is 11.3 Å². The van der Waals surface area contributed by atoms with E-state index in [0.29, 0.717) is 39.5 Å². The fourth-order valence-corrected chi connectivity index (χ4v) is 4.54. The molecule has 1 saturated carbocycles. The number of pyridine rings is 2. The summed E-state index contributed by atoms with van der Waals surface area (Å²) in [6.45, 7) is -2.93. The summed E-state index contributed by atoms with van der Waals surface area (Å²) in [4.78, 5) is 23.0. The Balaban J connectivity index is 1.62. The SMILES string of the molecule is Cn1cnc2ccc(-c3c(N)c4ncc(C5CC5)cc4n(-c4ccc(OC(F)F)cc4)c3=O)cc21. The molecule has 1 aliphatic rings. The van der Waals surface area contributed by atoms with Gasteiger partial charge in [0, 0.05) is 18.9 Å². The van der Waals surface area contributed by atoms with Gasteiger partial charge in [-0.15, -0.1) is 0 Å². The highest BCUT2D eigenvalue weighted by molar-refractivity contribution is 5.98. The number of nitrogen functional groups attached to an aromatic ring is 1. The van der Waals surface area contributed by atoms with Gasteiger partial charge in [0.1, 0.15) is 11.3 Å². The molecule has 2 aromatic carbocycles. The first-order valence-corrected chi connectivity index (χ1v) is 11.2. The van der Waals surface area contributed by atoms with Crippen molar-refractivity contribution in [3.63, 3.8) is 0 Å². The highest BCUT2D eigenvalue weighted by atomic mass is 19.3. The van der Waals surface area contributed by atoms with Crippen LogP contribution in [0, 0.1) is 0 Å². The number of aromatic nitrogens is 4. The van der Waals surface area contributed by atoms with Gasteiger partial charge in [0.25, 0.3) is 5.56 Å². The molecular weight excluding hydrogens is 452 g/mol. The summed E-state index contributed by atoms with van der Waals surface area (Å²) in [6, 6.07) is 13.5. The molecule has 9 heteroatoms. The van der Waals surface area contributed by atoms with Crippen molar-refractivity contribution in [3.05, 3.63) is 77.0 Å². The summed E-state index contributed by atoms with van der Waals surface area (Å²) in [5.41, 5.74) is 11.8. The Labute approximate surface area is 198 Å². The fourth-order valence-electron chi connectivity index (χ4n) is 4.54. The molecule has 2 N–H and O–H groups in total. The number of rotatable bonds is 5. The van der Waals surface area contributed by atoms with Gasteiger partial charge in [-0.3, -0.25) is 14.3 Å². The molecule has 35 heavy (non-hydrogen) atoms. The topological polar surface area (TPSA) is 88.0 Å². The summed E-state index contributed by atoms with van der Waals surface area (Å²) >= 11 is 0. The van der Waals surface area contributed by atoms with E-state index in [1.54, 1.807) is 23.0 Å². The third-order valence-electron chi connectivity index (χ3n) is 6.45. The average Bonchev–Trinajstić information content (AvgIpc) is 3.63. The van der Waals surface area contributed by atoms with E-state index in [4.69, 9.17) is 5.73 Å². The molecule has 0 unspecified atom stereocenters. The third kappa shape index (κ3) is 3.60. The molecule has 0 aliphatic heterocycles. The Bertz CT molecular complexity index is 1650. The molecule has 0 bridgehead atoms.